The lowest BCUT2D eigenvalue weighted by Crippen LogP contribution is -2.11. The highest BCUT2D eigenvalue weighted by molar-refractivity contribution is 7.79. The average molecular weight is 430 g/mol. The quantitative estimate of drug-likeness (QED) is 0.242. The van der Waals surface area contributed by atoms with E-state index in [-0.39, 0.29) is 0 Å². The molecule has 6 nitrogen and oxygen atoms in total. The normalized spacial score (nSPS) is 11.2. The van der Waals surface area contributed by atoms with Gasteiger partial charge in [0.1, 0.15) is 0 Å². The second-order valence-corrected chi connectivity index (χ2v) is 7.65. The first-order valence-electron chi connectivity index (χ1n) is 9.47. The fourth-order valence-electron chi connectivity index (χ4n) is 3.69. The number of nitrogens with one attached hydrogen (secondary N) is 2. The van der Waals surface area contributed by atoms with E-state index in [1.807, 2.05) is 12.4 Å². The first-order valence-corrected chi connectivity index (χ1v) is 10.8. The summed E-state index contributed by atoms with van der Waals surface area (Å²) in [5.74, 6) is 0. The Kier molecular flexibility index (Phi) is 5.73. The SMILES string of the molecule is O=S(=O)([O-])[O-].c1ccc(-c2cc[nH+]c3c2ccc2c(-c4ccccc4)cc[nH+]c23)cc1. The number of aromatic nitrogens is 2. The molecule has 0 radical (unpaired) electrons. The van der Waals surface area contributed by atoms with Gasteiger partial charge in [0.25, 0.3) is 11.0 Å². The number of pyridine rings is 2. The van der Waals surface area contributed by atoms with Gasteiger partial charge in [-0.05, 0) is 23.3 Å². The van der Waals surface area contributed by atoms with Crippen molar-refractivity contribution < 1.29 is 27.5 Å². The van der Waals surface area contributed by atoms with E-state index in [4.69, 9.17) is 17.5 Å². The Morgan fingerprint density at radius 1 is 0.548 bits per heavy atom. The Labute approximate surface area is 179 Å². The summed E-state index contributed by atoms with van der Waals surface area (Å²) >= 11 is 0. The molecule has 0 atom stereocenters. The highest BCUT2D eigenvalue weighted by atomic mass is 32.3. The van der Waals surface area contributed by atoms with Gasteiger partial charge in [-0.3, -0.25) is 8.42 Å². The van der Waals surface area contributed by atoms with E-state index >= 15 is 0 Å². The summed E-state index contributed by atoms with van der Waals surface area (Å²) in [4.78, 5) is 6.90. The summed E-state index contributed by atoms with van der Waals surface area (Å²) in [6.45, 7) is 0. The van der Waals surface area contributed by atoms with Crippen LogP contribution in [0.15, 0.2) is 97.3 Å². The van der Waals surface area contributed by atoms with Crippen molar-refractivity contribution in [2.24, 2.45) is 0 Å². The monoisotopic (exact) mass is 430 g/mol. The van der Waals surface area contributed by atoms with Crippen LogP contribution >= 0.6 is 0 Å². The number of benzene rings is 3. The third-order valence-corrected chi connectivity index (χ3v) is 4.91. The van der Waals surface area contributed by atoms with Gasteiger partial charge < -0.3 is 9.11 Å². The topological polar surface area (TPSA) is 109 Å². The van der Waals surface area contributed by atoms with Crippen LogP contribution in [0, 0.1) is 0 Å². The fourth-order valence-corrected chi connectivity index (χ4v) is 3.69. The van der Waals surface area contributed by atoms with Gasteiger partial charge in [0.2, 0.25) is 0 Å². The van der Waals surface area contributed by atoms with Crippen LogP contribution in [0.25, 0.3) is 44.1 Å². The number of hydrogen-bond donors (Lipinski definition) is 0. The van der Waals surface area contributed by atoms with Crippen molar-refractivity contribution in [3.8, 4) is 22.3 Å². The molecule has 0 aliphatic rings. The van der Waals surface area contributed by atoms with Gasteiger partial charge in [-0.2, -0.15) is 0 Å². The van der Waals surface area contributed by atoms with Crippen LogP contribution < -0.4 is 9.97 Å². The van der Waals surface area contributed by atoms with Gasteiger partial charge in [0.15, 0.2) is 12.4 Å². The molecule has 0 saturated carbocycles. The molecule has 0 saturated heterocycles. The van der Waals surface area contributed by atoms with Crippen LogP contribution in [0.2, 0.25) is 0 Å². The van der Waals surface area contributed by atoms with Crippen molar-refractivity contribution in [2.75, 3.05) is 0 Å². The molecular weight excluding hydrogens is 412 g/mol. The predicted molar refractivity (Wildman–Crippen MR) is 116 cm³/mol. The Hall–Kier alpha value is -3.65. The molecular formula is C24H18N2O4S. The van der Waals surface area contributed by atoms with Crippen LogP contribution in [0.4, 0.5) is 0 Å². The summed E-state index contributed by atoms with van der Waals surface area (Å²) in [6.07, 6.45) is 4.04. The third-order valence-electron chi connectivity index (χ3n) is 4.91. The van der Waals surface area contributed by atoms with E-state index in [1.54, 1.807) is 0 Å². The summed E-state index contributed by atoms with van der Waals surface area (Å²) in [7, 11) is -5.17. The van der Waals surface area contributed by atoms with Crippen molar-refractivity contribution in [1.82, 2.24) is 0 Å². The standard InChI is InChI=1S/C24H16N2.H2O4S/c1-3-7-17(8-4-1)19-13-15-25-23-21(19)11-12-22-20(14-16-26-24(22)23)18-9-5-2-6-10-18;1-5(2,3)4/h1-16H;(H2,1,2,3,4). The Morgan fingerprint density at radius 2 is 0.903 bits per heavy atom. The lowest BCUT2D eigenvalue weighted by molar-refractivity contribution is -0.368. The van der Waals surface area contributed by atoms with Gasteiger partial charge >= 0.3 is 0 Å². The van der Waals surface area contributed by atoms with E-state index in [1.165, 1.54) is 33.0 Å². The molecule has 2 N–H and O–H groups in total. The van der Waals surface area contributed by atoms with Crippen molar-refractivity contribution in [2.45, 2.75) is 0 Å². The lowest BCUT2D eigenvalue weighted by atomic mass is 9.97. The largest absolute Gasteiger partial charge is 0.759 e. The maximum atomic E-state index is 8.52. The van der Waals surface area contributed by atoms with E-state index in [2.05, 4.69) is 94.9 Å². The zero-order valence-corrected chi connectivity index (χ0v) is 17.1. The molecule has 0 spiro atoms. The second kappa shape index (κ2) is 8.61. The van der Waals surface area contributed by atoms with Gasteiger partial charge in [-0.15, -0.1) is 0 Å². The summed E-state index contributed by atoms with van der Waals surface area (Å²) in [5.41, 5.74) is 7.18. The zero-order chi connectivity index (χ0) is 21.8. The van der Waals surface area contributed by atoms with Crippen molar-refractivity contribution >= 4 is 32.2 Å². The molecule has 2 heterocycles. The van der Waals surface area contributed by atoms with Gasteiger partial charge in [0, 0.05) is 33.7 Å². The van der Waals surface area contributed by atoms with Gasteiger partial charge in [-0.25, -0.2) is 9.97 Å². The smallest absolute Gasteiger partial charge is 0.284 e. The molecule has 0 aliphatic carbocycles. The number of hydrogen-bond acceptors (Lipinski definition) is 4. The molecule has 2 aromatic heterocycles. The first-order chi connectivity index (χ1) is 14.9. The van der Waals surface area contributed by atoms with Crippen LogP contribution in [0.5, 0.6) is 0 Å². The first kappa shape index (κ1) is 20.6. The summed E-state index contributed by atoms with van der Waals surface area (Å²) in [5, 5.41) is 2.43. The van der Waals surface area contributed by atoms with Crippen LogP contribution in [0.3, 0.4) is 0 Å². The Balaban J connectivity index is 0.000000418. The van der Waals surface area contributed by atoms with E-state index in [0.717, 1.165) is 11.0 Å². The predicted octanol–water partition coefficient (Wildman–Crippen LogP) is 3.62. The number of fused-ring (bicyclic) bond motifs is 3. The highest BCUT2D eigenvalue weighted by Crippen LogP contribution is 2.32. The van der Waals surface area contributed by atoms with E-state index in [0.29, 0.717) is 0 Å². The van der Waals surface area contributed by atoms with Gasteiger partial charge in [0.05, 0.1) is 10.8 Å². The van der Waals surface area contributed by atoms with Gasteiger partial charge in [-0.1, -0.05) is 60.7 Å². The van der Waals surface area contributed by atoms with E-state index < -0.39 is 10.4 Å². The minimum Gasteiger partial charge on any atom is -0.759 e. The molecule has 5 aromatic rings. The molecule has 0 bridgehead atoms. The van der Waals surface area contributed by atoms with E-state index in [9.17, 15) is 0 Å². The number of H-pyrrole nitrogens is 2. The Morgan fingerprint density at radius 3 is 1.26 bits per heavy atom. The third kappa shape index (κ3) is 4.75. The minimum atomic E-state index is -5.17. The molecule has 3 aromatic carbocycles. The molecule has 31 heavy (non-hydrogen) atoms. The molecule has 7 heteroatoms. The maximum Gasteiger partial charge on any atom is 0.284 e. The minimum absolute atomic E-state index is 1.13. The maximum absolute atomic E-state index is 8.52. The van der Waals surface area contributed by atoms with Crippen LogP contribution in [-0.4, -0.2) is 17.5 Å². The van der Waals surface area contributed by atoms with Crippen molar-refractivity contribution in [3.05, 3.63) is 97.3 Å². The second-order valence-electron chi connectivity index (χ2n) is 6.83. The zero-order valence-electron chi connectivity index (χ0n) is 16.3. The van der Waals surface area contributed by atoms with Crippen molar-refractivity contribution in [3.63, 3.8) is 0 Å². The lowest BCUT2D eigenvalue weighted by Gasteiger charge is -2.06. The molecule has 0 fully saturated rings. The Bertz CT molecular complexity index is 1350. The molecule has 0 unspecified atom stereocenters. The molecule has 5 rings (SSSR count). The fraction of sp³-hybridized carbons (Fsp3) is 0. The number of rotatable bonds is 2. The van der Waals surface area contributed by atoms with Crippen molar-refractivity contribution in [1.29, 1.82) is 0 Å². The summed E-state index contributed by atoms with van der Waals surface area (Å²) in [6, 6.07) is 29.8. The molecule has 154 valence electrons. The van der Waals surface area contributed by atoms with Crippen LogP contribution in [0.1, 0.15) is 0 Å². The molecule has 0 amide bonds. The highest BCUT2D eigenvalue weighted by Gasteiger charge is 2.18. The average Bonchev–Trinajstić information content (AvgIpc) is 2.78. The van der Waals surface area contributed by atoms with Crippen LogP contribution in [-0.2, 0) is 10.4 Å². The number of aromatic amines is 2. The molecule has 0 aliphatic heterocycles. The summed E-state index contributed by atoms with van der Waals surface area (Å²) < 4.78 is 34.1.